The second-order valence-electron chi connectivity index (χ2n) is 3.91. The van der Waals surface area contributed by atoms with E-state index in [-0.39, 0.29) is 17.9 Å². The number of hydrogen-bond donors (Lipinski definition) is 0. The van der Waals surface area contributed by atoms with Crippen molar-refractivity contribution in [1.82, 2.24) is 0 Å². The van der Waals surface area contributed by atoms with Crippen LogP contribution in [0.25, 0.3) is 0 Å². The maximum absolute atomic E-state index is 12.6. The van der Waals surface area contributed by atoms with Crippen molar-refractivity contribution in [3.63, 3.8) is 0 Å². The lowest BCUT2D eigenvalue weighted by atomic mass is 10.1. The molecular formula is C13H8BrF3O3. The van der Waals surface area contributed by atoms with E-state index in [0.29, 0.717) is 0 Å². The van der Waals surface area contributed by atoms with E-state index in [2.05, 4.69) is 21.7 Å². The van der Waals surface area contributed by atoms with Crippen LogP contribution in [0, 0.1) is 0 Å². The van der Waals surface area contributed by atoms with Gasteiger partial charge in [0.25, 0.3) is 0 Å². The Balaban J connectivity index is 2.33. The summed E-state index contributed by atoms with van der Waals surface area (Å²) < 4.78 is 48.1. The van der Waals surface area contributed by atoms with Gasteiger partial charge in [-0.05, 0) is 18.2 Å². The van der Waals surface area contributed by atoms with Crippen LogP contribution in [0.5, 0.6) is 5.75 Å². The molecule has 0 bridgehead atoms. The zero-order valence-electron chi connectivity index (χ0n) is 9.91. The molecule has 0 saturated carbocycles. The number of ether oxygens (including phenoxy) is 2. The number of hydrogen-bond acceptors (Lipinski definition) is 3. The van der Waals surface area contributed by atoms with Gasteiger partial charge in [-0.15, -0.1) is 5.73 Å². The minimum Gasteiger partial charge on any atom is -0.488 e. The first-order valence-corrected chi connectivity index (χ1v) is 6.39. The van der Waals surface area contributed by atoms with Crippen LogP contribution in [-0.4, -0.2) is 18.7 Å². The monoisotopic (exact) mass is 348 g/mol. The Hall–Kier alpha value is -1.72. The molecule has 0 amide bonds. The summed E-state index contributed by atoms with van der Waals surface area (Å²) in [5.74, 6) is -0.868. The van der Waals surface area contributed by atoms with Gasteiger partial charge in [-0.2, -0.15) is 13.2 Å². The van der Waals surface area contributed by atoms with E-state index >= 15 is 0 Å². The Morgan fingerprint density at radius 2 is 2.15 bits per heavy atom. The van der Waals surface area contributed by atoms with Crippen LogP contribution < -0.4 is 4.74 Å². The highest BCUT2D eigenvalue weighted by Gasteiger charge is 2.33. The Morgan fingerprint density at radius 1 is 1.40 bits per heavy atom. The minimum atomic E-state index is -4.49. The molecule has 0 fully saturated rings. The number of esters is 1. The molecule has 106 valence electrons. The maximum atomic E-state index is 12.6. The van der Waals surface area contributed by atoms with Gasteiger partial charge in [-0.3, -0.25) is 0 Å². The van der Waals surface area contributed by atoms with Crippen molar-refractivity contribution in [2.24, 2.45) is 0 Å². The van der Waals surface area contributed by atoms with Gasteiger partial charge < -0.3 is 9.47 Å². The van der Waals surface area contributed by atoms with Gasteiger partial charge in [0.05, 0.1) is 5.56 Å². The van der Waals surface area contributed by atoms with E-state index in [9.17, 15) is 18.0 Å². The molecule has 1 heterocycles. The average molecular weight is 349 g/mol. The van der Waals surface area contributed by atoms with E-state index < -0.39 is 23.8 Å². The van der Waals surface area contributed by atoms with Gasteiger partial charge in [0, 0.05) is 11.1 Å². The van der Waals surface area contributed by atoms with Crippen LogP contribution >= 0.6 is 15.9 Å². The van der Waals surface area contributed by atoms with E-state index in [1.165, 1.54) is 11.1 Å². The summed E-state index contributed by atoms with van der Waals surface area (Å²) >= 11 is 3.00. The number of cyclic esters (lactones) is 1. The molecule has 0 N–H and O–H groups in total. The fraction of sp³-hybridized carbons (Fsp3) is 0.231. The van der Waals surface area contributed by atoms with Crippen molar-refractivity contribution < 1.29 is 27.4 Å². The first-order valence-electron chi connectivity index (χ1n) is 5.48. The third-order valence-corrected chi connectivity index (χ3v) is 2.80. The van der Waals surface area contributed by atoms with Crippen LogP contribution in [0.1, 0.15) is 15.9 Å². The van der Waals surface area contributed by atoms with Crippen molar-refractivity contribution in [3.05, 3.63) is 46.1 Å². The third-order valence-electron chi connectivity index (χ3n) is 2.54. The highest BCUT2D eigenvalue weighted by molar-refractivity contribution is 9.11. The number of rotatable bonds is 1. The van der Waals surface area contributed by atoms with Crippen LogP contribution in [0.15, 0.2) is 35.0 Å². The number of halogens is 4. The molecule has 0 aromatic heterocycles. The number of benzene rings is 1. The first kappa shape index (κ1) is 14.7. The predicted octanol–water partition coefficient (Wildman–Crippen LogP) is 3.69. The van der Waals surface area contributed by atoms with Crippen molar-refractivity contribution >= 4 is 21.9 Å². The fourth-order valence-corrected chi connectivity index (χ4v) is 1.77. The molecule has 0 saturated heterocycles. The first-order chi connectivity index (χ1) is 9.41. The maximum Gasteiger partial charge on any atom is 0.416 e. The van der Waals surface area contributed by atoms with Gasteiger partial charge >= 0.3 is 12.1 Å². The molecule has 1 aliphatic heterocycles. The van der Waals surface area contributed by atoms with Crippen molar-refractivity contribution in [3.8, 4) is 5.75 Å². The lowest BCUT2D eigenvalue weighted by molar-refractivity contribution is -0.137. The second-order valence-corrected chi connectivity index (χ2v) is 4.36. The van der Waals surface area contributed by atoms with E-state index in [1.54, 1.807) is 0 Å². The fourth-order valence-electron chi connectivity index (χ4n) is 1.62. The van der Waals surface area contributed by atoms with Gasteiger partial charge in [0.2, 0.25) is 0 Å². The van der Waals surface area contributed by atoms with Crippen LogP contribution in [0.2, 0.25) is 0 Å². The molecule has 1 aromatic rings. The van der Waals surface area contributed by atoms with E-state index in [1.807, 2.05) is 0 Å². The molecule has 1 atom stereocenters. The number of fused-ring (bicyclic) bond motifs is 1. The molecule has 0 radical (unpaired) electrons. The molecule has 7 heteroatoms. The zero-order valence-corrected chi connectivity index (χ0v) is 11.5. The molecule has 20 heavy (non-hydrogen) atoms. The highest BCUT2D eigenvalue weighted by Crippen LogP contribution is 2.34. The summed E-state index contributed by atoms with van der Waals surface area (Å²) in [4.78, 5) is 13.2. The van der Waals surface area contributed by atoms with Gasteiger partial charge in [-0.25, -0.2) is 4.79 Å². The molecule has 2 rings (SSSR count). The smallest absolute Gasteiger partial charge is 0.416 e. The summed E-state index contributed by atoms with van der Waals surface area (Å²) in [5.41, 5.74) is 1.75. The van der Waals surface area contributed by atoms with Gasteiger partial charge in [0.1, 0.15) is 17.9 Å². The predicted molar refractivity (Wildman–Crippen MR) is 67.7 cm³/mol. The summed E-state index contributed by atoms with van der Waals surface area (Å²) in [5, 5.41) is 0. The minimum absolute atomic E-state index is 0.0308. The van der Waals surface area contributed by atoms with Crippen LogP contribution in [0.3, 0.4) is 0 Å². The number of carbonyl (C=O) groups is 1. The summed E-state index contributed by atoms with van der Waals surface area (Å²) in [6.45, 7) is -0.0755. The van der Waals surface area contributed by atoms with Crippen LogP contribution in [-0.2, 0) is 10.9 Å². The molecule has 0 unspecified atom stereocenters. The summed E-state index contributed by atoms with van der Waals surface area (Å²) in [6, 6.07) is 2.66. The second kappa shape index (κ2) is 5.73. The Kier molecular flexibility index (Phi) is 4.20. The average Bonchev–Trinajstić information content (AvgIpc) is 2.55. The quantitative estimate of drug-likeness (QED) is 0.573. The molecule has 1 aliphatic rings. The van der Waals surface area contributed by atoms with Gasteiger partial charge in [-0.1, -0.05) is 15.9 Å². The number of carbonyl (C=O) groups excluding carboxylic acids is 1. The van der Waals surface area contributed by atoms with Crippen molar-refractivity contribution in [2.45, 2.75) is 12.3 Å². The van der Waals surface area contributed by atoms with Gasteiger partial charge in [0.15, 0.2) is 6.10 Å². The van der Waals surface area contributed by atoms with Crippen LogP contribution in [0.4, 0.5) is 13.2 Å². The normalized spacial score (nSPS) is 18.0. The zero-order chi connectivity index (χ0) is 14.8. The Morgan fingerprint density at radius 3 is 2.80 bits per heavy atom. The summed E-state index contributed by atoms with van der Waals surface area (Å²) in [6.07, 6.45) is -3.77. The topological polar surface area (TPSA) is 35.5 Å². The Bertz CT molecular complexity index is 589. The molecule has 3 nitrogen and oxygen atoms in total. The lowest BCUT2D eigenvalue weighted by Crippen LogP contribution is -2.18. The standard InChI is InChI=1S/C13H8BrF3O3/c14-5-1-2-9-7-19-11-6-8(13(15,16)17)3-4-10(11)12(18)20-9/h2-6,9H,7H2/t1?,9-/m0/s1. The highest BCUT2D eigenvalue weighted by atomic mass is 79.9. The molecule has 0 spiro atoms. The third kappa shape index (κ3) is 3.23. The van der Waals surface area contributed by atoms with E-state index in [4.69, 9.17) is 9.47 Å². The number of alkyl halides is 3. The molecular weight excluding hydrogens is 341 g/mol. The largest absolute Gasteiger partial charge is 0.488 e. The molecule has 1 aromatic carbocycles. The molecule has 0 aliphatic carbocycles. The Labute approximate surface area is 120 Å². The van der Waals surface area contributed by atoms with Crippen molar-refractivity contribution in [1.29, 1.82) is 0 Å². The lowest BCUT2D eigenvalue weighted by Gasteiger charge is -2.10. The van der Waals surface area contributed by atoms with Crippen molar-refractivity contribution in [2.75, 3.05) is 6.61 Å². The summed E-state index contributed by atoms with van der Waals surface area (Å²) in [7, 11) is 0. The van der Waals surface area contributed by atoms with E-state index in [0.717, 1.165) is 18.2 Å². The SMILES string of the molecule is O=C1O[C@@H](C=C=CBr)COc2cc(C(F)(F)F)ccc21.